The Morgan fingerprint density at radius 3 is 2.19 bits per heavy atom. The predicted octanol–water partition coefficient (Wildman–Crippen LogP) is 2.26. The average molecular weight is 261 g/mol. The number of halogens is 1. The van der Waals surface area contributed by atoms with Crippen LogP contribution in [0.4, 0.5) is 0 Å². The predicted molar refractivity (Wildman–Crippen MR) is 64.5 cm³/mol. The fourth-order valence-corrected chi connectivity index (χ4v) is 2.48. The van der Waals surface area contributed by atoms with Crippen LogP contribution in [0.1, 0.15) is 23.7 Å². The SMILES string of the molecule is CC[C@](Cl)(C(=O)c1ccccc1)S(C)(=O)=O. The number of sulfone groups is 1. The molecule has 0 radical (unpaired) electrons. The number of carbonyl (C=O) groups excluding carboxylic acids is 1. The number of alkyl halides is 1. The largest absolute Gasteiger partial charge is 0.291 e. The summed E-state index contributed by atoms with van der Waals surface area (Å²) in [7, 11) is -3.65. The first-order valence-electron chi connectivity index (χ1n) is 4.81. The summed E-state index contributed by atoms with van der Waals surface area (Å²) in [6.45, 7) is 1.58. The van der Waals surface area contributed by atoms with Gasteiger partial charge in [0.05, 0.1) is 0 Å². The lowest BCUT2D eigenvalue weighted by Crippen LogP contribution is -2.40. The van der Waals surface area contributed by atoms with E-state index < -0.39 is 19.8 Å². The molecule has 1 aromatic rings. The maximum atomic E-state index is 12.0. The van der Waals surface area contributed by atoms with E-state index in [9.17, 15) is 13.2 Å². The quantitative estimate of drug-likeness (QED) is 0.616. The molecule has 0 unspecified atom stereocenters. The van der Waals surface area contributed by atoms with Gasteiger partial charge in [-0.3, -0.25) is 4.79 Å². The minimum Gasteiger partial charge on any atom is -0.291 e. The van der Waals surface area contributed by atoms with E-state index in [1.54, 1.807) is 37.3 Å². The van der Waals surface area contributed by atoms with Crippen molar-refractivity contribution >= 4 is 27.2 Å². The van der Waals surface area contributed by atoms with Crippen LogP contribution in [0.15, 0.2) is 30.3 Å². The Bertz CT molecular complexity index is 481. The topological polar surface area (TPSA) is 51.2 Å². The Hall–Kier alpha value is -0.870. The number of carbonyl (C=O) groups is 1. The molecule has 0 saturated carbocycles. The van der Waals surface area contributed by atoms with Crippen LogP contribution in [0.2, 0.25) is 0 Å². The molecule has 3 nitrogen and oxygen atoms in total. The van der Waals surface area contributed by atoms with Gasteiger partial charge in [0.2, 0.25) is 4.21 Å². The van der Waals surface area contributed by atoms with Gasteiger partial charge in [0.1, 0.15) is 0 Å². The summed E-state index contributed by atoms with van der Waals surface area (Å²) in [6, 6.07) is 8.20. The molecule has 0 spiro atoms. The Labute approximate surface area is 100 Å². The molecule has 0 amide bonds. The first kappa shape index (κ1) is 13.2. The van der Waals surface area contributed by atoms with Gasteiger partial charge in [-0.25, -0.2) is 8.42 Å². The average Bonchev–Trinajstić information content (AvgIpc) is 2.26. The lowest BCUT2D eigenvalue weighted by atomic mass is 10.1. The van der Waals surface area contributed by atoms with E-state index in [1.807, 2.05) is 0 Å². The van der Waals surface area contributed by atoms with Crippen molar-refractivity contribution < 1.29 is 13.2 Å². The first-order valence-corrected chi connectivity index (χ1v) is 7.08. The molecular weight excluding hydrogens is 248 g/mol. The van der Waals surface area contributed by atoms with Crippen LogP contribution in [0.3, 0.4) is 0 Å². The van der Waals surface area contributed by atoms with Gasteiger partial charge in [-0.2, -0.15) is 0 Å². The van der Waals surface area contributed by atoms with E-state index in [0.717, 1.165) is 6.26 Å². The maximum absolute atomic E-state index is 12.0. The third-order valence-electron chi connectivity index (χ3n) is 2.42. The summed E-state index contributed by atoms with van der Waals surface area (Å²) >= 11 is 5.95. The lowest BCUT2D eigenvalue weighted by Gasteiger charge is -2.21. The molecule has 1 aromatic carbocycles. The summed E-state index contributed by atoms with van der Waals surface area (Å²) < 4.78 is 21.2. The van der Waals surface area contributed by atoms with Gasteiger partial charge >= 0.3 is 0 Å². The van der Waals surface area contributed by atoms with Crippen molar-refractivity contribution in [2.24, 2.45) is 0 Å². The highest BCUT2D eigenvalue weighted by molar-refractivity contribution is 7.94. The smallest absolute Gasteiger partial charge is 0.207 e. The minimum absolute atomic E-state index is 0.0428. The molecule has 1 rings (SSSR count). The standard InChI is InChI=1S/C11H13ClO3S/c1-3-11(12,16(2,14)15)10(13)9-7-5-4-6-8-9/h4-8H,3H2,1-2H3/t11-/m1/s1. The summed E-state index contributed by atoms with van der Waals surface area (Å²) in [6.07, 6.45) is 1.02. The highest BCUT2D eigenvalue weighted by atomic mass is 35.5. The first-order chi connectivity index (χ1) is 7.33. The molecule has 0 heterocycles. The Morgan fingerprint density at radius 1 is 1.31 bits per heavy atom. The lowest BCUT2D eigenvalue weighted by molar-refractivity contribution is 0.0970. The highest BCUT2D eigenvalue weighted by Crippen LogP contribution is 2.30. The molecular formula is C11H13ClO3S. The van der Waals surface area contributed by atoms with Crippen molar-refractivity contribution in [3.05, 3.63) is 35.9 Å². The van der Waals surface area contributed by atoms with Crippen molar-refractivity contribution in [1.29, 1.82) is 0 Å². The molecule has 0 N–H and O–H groups in total. The number of rotatable bonds is 4. The van der Waals surface area contributed by atoms with Crippen molar-refractivity contribution in [3.8, 4) is 0 Å². The van der Waals surface area contributed by atoms with Crippen LogP contribution in [0.5, 0.6) is 0 Å². The molecule has 88 valence electrons. The molecule has 0 fully saturated rings. The normalized spacial score (nSPS) is 15.4. The molecule has 0 aromatic heterocycles. The molecule has 16 heavy (non-hydrogen) atoms. The van der Waals surface area contributed by atoms with E-state index in [2.05, 4.69) is 0 Å². The fraction of sp³-hybridized carbons (Fsp3) is 0.364. The van der Waals surface area contributed by atoms with Crippen LogP contribution < -0.4 is 0 Å². The van der Waals surface area contributed by atoms with Gasteiger partial charge in [-0.15, -0.1) is 0 Å². The van der Waals surface area contributed by atoms with Crippen molar-refractivity contribution in [1.82, 2.24) is 0 Å². The number of benzene rings is 1. The number of hydrogen-bond acceptors (Lipinski definition) is 3. The Balaban J connectivity index is 3.24. The summed E-state index contributed by atoms with van der Waals surface area (Å²) in [5.41, 5.74) is 0.310. The van der Waals surface area contributed by atoms with E-state index in [4.69, 9.17) is 11.6 Å². The molecule has 5 heteroatoms. The van der Waals surface area contributed by atoms with E-state index in [1.165, 1.54) is 0 Å². The van der Waals surface area contributed by atoms with Gasteiger partial charge in [0.15, 0.2) is 15.6 Å². The summed E-state index contributed by atoms with van der Waals surface area (Å²) in [4.78, 5) is 12.0. The third-order valence-corrected chi connectivity index (χ3v) is 5.35. The number of Topliss-reactive ketones (excluding diaryl/α,β-unsaturated/α-hetero) is 1. The van der Waals surface area contributed by atoms with Gasteiger partial charge in [0, 0.05) is 11.8 Å². The molecule has 1 atom stereocenters. The monoisotopic (exact) mass is 260 g/mol. The van der Waals surface area contributed by atoms with E-state index in [0.29, 0.717) is 5.56 Å². The van der Waals surface area contributed by atoms with Crippen LogP contribution >= 0.6 is 11.6 Å². The molecule has 0 aliphatic rings. The second-order valence-corrected chi connectivity index (χ2v) is 6.66. The van der Waals surface area contributed by atoms with Crippen molar-refractivity contribution in [2.45, 2.75) is 17.6 Å². The Morgan fingerprint density at radius 2 is 1.81 bits per heavy atom. The minimum atomic E-state index is -3.65. The zero-order chi connectivity index (χ0) is 12.4. The zero-order valence-electron chi connectivity index (χ0n) is 9.10. The third kappa shape index (κ3) is 2.28. The molecule has 0 saturated heterocycles. The van der Waals surface area contributed by atoms with Gasteiger partial charge in [-0.1, -0.05) is 48.9 Å². The van der Waals surface area contributed by atoms with Crippen molar-refractivity contribution in [2.75, 3.05) is 6.26 Å². The maximum Gasteiger partial charge on any atom is 0.207 e. The van der Waals surface area contributed by atoms with Gasteiger partial charge < -0.3 is 0 Å². The Kier molecular flexibility index (Phi) is 3.76. The van der Waals surface area contributed by atoms with E-state index >= 15 is 0 Å². The number of ketones is 1. The second kappa shape index (κ2) is 4.55. The van der Waals surface area contributed by atoms with Gasteiger partial charge in [-0.05, 0) is 6.42 Å². The summed E-state index contributed by atoms with van der Waals surface area (Å²) in [5.74, 6) is -0.570. The molecule has 0 aliphatic heterocycles. The fourth-order valence-electron chi connectivity index (χ4n) is 1.40. The highest BCUT2D eigenvalue weighted by Gasteiger charge is 2.44. The van der Waals surface area contributed by atoms with Crippen LogP contribution in [-0.4, -0.2) is 24.7 Å². The van der Waals surface area contributed by atoms with E-state index in [-0.39, 0.29) is 6.42 Å². The molecule has 0 bridgehead atoms. The van der Waals surface area contributed by atoms with Crippen LogP contribution in [0, 0.1) is 0 Å². The zero-order valence-corrected chi connectivity index (χ0v) is 10.7. The second-order valence-electron chi connectivity index (χ2n) is 3.55. The van der Waals surface area contributed by atoms with Gasteiger partial charge in [0.25, 0.3) is 0 Å². The van der Waals surface area contributed by atoms with Crippen LogP contribution in [-0.2, 0) is 9.84 Å². The molecule has 0 aliphatic carbocycles. The van der Waals surface area contributed by atoms with Crippen molar-refractivity contribution in [3.63, 3.8) is 0 Å². The van der Waals surface area contributed by atoms with Crippen LogP contribution in [0.25, 0.3) is 0 Å². The summed E-state index contributed by atoms with van der Waals surface area (Å²) in [5, 5.41) is 0. The number of hydrogen-bond donors (Lipinski definition) is 0.